The Morgan fingerprint density at radius 1 is 1.18 bits per heavy atom. The molecule has 0 saturated carbocycles. The molecular weight excluding hydrogens is 419 g/mol. The fraction of sp³-hybridized carbons (Fsp3) is 0.333. The summed E-state index contributed by atoms with van der Waals surface area (Å²) in [7, 11) is 0. The predicted octanol–water partition coefficient (Wildman–Crippen LogP) is 4.53. The third kappa shape index (κ3) is 4.05. The number of aromatic nitrogens is 4. The van der Waals surface area contributed by atoms with Crippen molar-refractivity contribution < 1.29 is 4.39 Å². The quantitative estimate of drug-likeness (QED) is 0.587. The maximum atomic E-state index is 13.4. The number of likely N-dealkylation sites (tertiary alicyclic amines) is 1. The Bertz CT molecular complexity index is 1000. The number of benzene rings is 1. The van der Waals surface area contributed by atoms with E-state index in [4.69, 9.17) is 11.6 Å². The van der Waals surface area contributed by atoms with Crippen LogP contribution < -0.4 is 0 Å². The average Bonchev–Trinajstić information content (AvgIpc) is 3.26. The second kappa shape index (κ2) is 8.57. The normalized spacial score (nSPS) is 14.9. The van der Waals surface area contributed by atoms with Crippen LogP contribution in [-0.4, -0.2) is 37.1 Å². The summed E-state index contributed by atoms with van der Waals surface area (Å²) in [5.74, 6) is 0.481. The Morgan fingerprint density at radius 3 is 2.64 bits per heavy atom. The van der Waals surface area contributed by atoms with Gasteiger partial charge < -0.3 is 0 Å². The number of nitrogens with zero attached hydrogens (tertiary/aromatic N) is 6. The molecule has 28 heavy (non-hydrogen) atoms. The lowest BCUT2D eigenvalue weighted by atomic mass is 10.1. The molecule has 1 saturated heterocycles. The zero-order chi connectivity index (χ0) is 19.5. The first-order chi connectivity index (χ1) is 13.7. The Labute approximate surface area is 175 Å². The molecule has 0 bridgehead atoms. The van der Waals surface area contributed by atoms with Crippen molar-refractivity contribution in [3.8, 4) is 11.8 Å². The molecule has 1 aliphatic rings. The molecular formula is C18H16ClFN6S2. The zero-order valence-electron chi connectivity index (χ0n) is 14.8. The smallest absolute Gasteiger partial charge is 0.201 e. The Morgan fingerprint density at radius 2 is 1.93 bits per heavy atom. The van der Waals surface area contributed by atoms with Gasteiger partial charge in [0, 0.05) is 5.69 Å². The van der Waals surface area contributed by atoms with E-state index < -0.39 is 0 Å². The number of hydrogen-bond donors (Lipinski definition) is 0. The molecule has 2 aromatic heterocycles. The van der Waals surface area contributed by atoms with Gasteiger partial charge in [0.25, 0.3) is 0 Å². The minimum absolute atomic E-state index is 0.191. The molecule has 6 nitrogen and oxygen atoms in total. The van der Waals surface area contributed by atoms with Gasteiger partial charge in [0.2, 0.25) is 5.16 Å². The molecule has 1 aromatic carbocycles. The van der Waals surface area contributed by atoms with E-state index in [1.54, 1.807) is 12.1 Å². The topological polar surface area (TPSA) is 70.6 Å². The largest absolute Gasteiger partial charge is 0.296 e. The summed E-state index contributed by atoms with van der Waals surface area (Å²) < 4.78 is 20.1. The molecule has 1 fully saturated rings. The average molecular weight is 435 g/mol. The van der Waals surface area contributed by atoms with Gasteiger partial charge in [-0.25, -0.2) is 4.39 Å². The van der Waals surface area contributed by atoms with Gasteiger partial charge in [-0.2, -0.15) is 9.64 Å². The van der Waals surface area contributed by atoms with E-state index in [2.05, 4.69) is 25.5 Å². The van der Waals surface area contributed by atoms with Crippen molar-refractivity contribution >= 4 is 34.9 Å². The van der Waals surface area contributed by atoms with Gasteiger partial charge in [-0.1, -0.05) is 18.0 Å². The Hall–Kier alpha value is -1.99. The molecule has 10 heteroatoms. The molecule has 1 aliphatic heterocycles. The lowest BCUT2D eigenvalue weighted by molar-refractivity contribution is 0.214. The monoisotopic (exact) mass is 434 g/mol. The summed E-state index contributed by atoms with van der Waals surface area (Å²) in [5, 5.41) is 18.9. The van der Waals surface area contributed by atoms with E-state index in [1.807, 2.05) is 4.57 Å². The molecule has 0 aliphatic carbocycles. The SMILES string of the molecule is N#Cc1c(Cl)nsc1Sc1nnc(CN2CCCCC2)n1-c1ccc(F)cc1. The fourth-order valence-electron chi connectivity index (χ4n) is 3.14. The van der Waals surface area contributed by atoms with E-state index in [9.17, 15) is 9.65 Å². The van der Waals surface area contributed by atoms with Crippen LogP contribution in [-0.2, 0) is 6.54 Å². The first-order valence-electron chi connectivity index (χ1n) is 8.81. The van der Waals surface area contributed by atoms with Crippen LogP contribution in [0.1, 0.15) is 30.7 Å². The minimum Gasteiger partial charge on any atom is -0.296 e. The summed E-state index contributed by atoms with van der Waals surface area (Å²) in [6, 6.07) is 8.32. The highest BCUT2D eigenvalue weighted by Gasteiger charge is 2.22. The number of hydrogen-bond acceptors (Lipinski definition) is 7. The molecule has 4 rings (SSSR count). The molecule has 0 spiro atoms. The second-order valence-electron chi connectivity index (χ2n) is 6.40. The van der Waals surface area contributed by atoms with Crippen LogP contribution >= 0.6 is 34.9 Å². The van der Waals surface area contributed by atoms with E-state index >= 15 is 0 Å². The van der Waals surface area contributed by atoms with Crippen LogP contribution in [0.4, 0.5) is 4.39 Å². The van der Waals surface area contributed by atoms with Crippen LogP contribution in [0.15, 0.2) is 33.6 Å². The molecule has 0 unspecified atom stereocenters. The zero-order valence-corrected chi connectivity index (χ0v) is 17.2. The van der Waals surface area contributed by atoms with Gasteiger partial charge in [-0.05, 0) is 73.5 Å². The van der Waals surface area contributed by atoms with E-state index in [-0.39, 0.29) is 11.0 Å². The minimum atomic E-state index is -0.301. The van der Waals surface area contributed by atoms with Gasteiger partial charge in [-0.15, -0.1) is 10.2 Å². The number of rotatable bonds is 5. The van der Waals surface area contributed by atoms with Crippen molar-refractivity contribution in [2.45, 2.75) is 35.2 Å². The van der Waals surface area contributed by atoms with Crippen molar-refractivity contribution in [2.75, 3.05) is 13.1 Å². The first kappa shape index (κ1) is 19.3. The van der Waals surface area contributed by atoms with Gasteiger partial charge in [0.15, 0.2) is 11.0 Å². The lowest BCUT2D eigenvalue weighted by Gasteiger charge is -2.26. The van der Waals surface area contributed by atoms with Crippen molar-refractivity contribution in [3.05, 3.63) is 46.6 Å². The molecule has 3 aromatic rings. The number of piperidine rings is 1. The highest BCUT2D eigenvalue weighted by atomic mass is 35.5. The maximum Gasteiger partial charge on any atom is 0.201 e. The van der Waals surface area contributed by atoms with Crippen LogP contribution in [0.3, 0.4) is 0 Å². The molecule has 0 radical (unpaired) electrons. The summed E-state index contributed by atoms with van der Waals surface area (Å²) in [6.45, 7) is 2.73. The Kier molecular flexibility index (Phi) is 5.92. The van der Waals surface area contributed by atoms with Gasteiger partial charge in [0.1, 0.15) is 21.7 Å². The Balaban J connectivity index is 1.71. The summed E-state index contributed by atoms with van der Waals surface area (Å²) in [5.41, 5.74) is 1.11. The van der Waals surface area contributed by atoms with Gasteiger partial charge in [0.05, 0.1) is 6.54 Å². The van der Waals surface area contributed by atoms with Crippen molar-refractivity contribution in [1.82, 2.24) is 24.0 Å². The van der Waals surface area contributed by atoms with E-state index in [1.165, 1.54) is 43.2 Å². The second-order valence-corrected chi connectivity index (χ2v) is 8.76. The maximum absolute atomic E-state index is 13.4. The molecule has 3 heterocycles. The number of halogens is 2. The van der Waals surface area contributed by atoms with Crippen molar-refractivity contribution in [2.24, 2.45) is 0 Å². The third-order valence-electron chi connectivity index (χ3n) is 4.51. The lowest BCUT2D eigenvalue weighted by Crippen LogP contribution is -2.30. The molecule has 144 valence electrons. The molecule has 0 amide bonds. The summed E-state index contributed by atoms with van der Waals surface area (Å²) in [6.07, 6.45) is 3.61. The van der Waals surface area contributed by atoms with Crippen molar-refractivity contribution in [3.63, 3.8) is 0 Å². The third-order valence-corrected chi connectivity index (χ3v) is 6.84. The molecule has 0 atom stereocenters. The fourth-order valence-corrected chi connectivity index (χ4v) is 5.26. The van der Waals surface area contributed by atoms with E-state index in [0.29, 0.717) is 21.5 Å². The standard InChI is InChI=1S/C18H16ClFN6S2/c19-16-14(10-21)17(28-24-16)27-18-23-22-15(11-25-8-2-1-3-9-25)26(18)13-6-4-12(20)5-7-13/h4-7H,1-3,8-9,11H2. The summed E-state index contributed by atoms with van der Waals surface area (Å²) >= 11 is 8.44. The van der Waals surface area contributed by atoms with E-state index in [0.717, 1.165) is 36.1 Å². The molecule has 0 N–H and O–H groups in total. The van der Waals surface area contributed by atoms with Crippen LogP contribution in [0.25, 0.3) is 5.69 Å². The predicted molar refractivity (Wildman–Crippen MR) is 106 cm³/mol. The number of nitriles is 1. The van der Waals surface area contributed by atoms with Gasteiger partial charge >= 0.3 is 0 Å². The highest BCUT2D eigenvalue weighted by Crippen LogP contribution is 2.37. The highest BCUT2D eigenvalue weighted by molar-refractivity contribution is 8.01. The van der Waals surface area contributed by atoms with Crippen LogP contribution in [0, 0.1) is 17.1 Å². The van der Waals surface area contributed by atoms with Crippen LogP contribution in [0.5, 0.6) is 0 Å². The van der Waals surface area contributed by atoms with Gasteiger partial charge in [-0.3, -0.25) is 9.47 Å². The van der Waals surface area contributed by atoms with Crippen molar-refractivity contribution in [1.29, 1.82) is 5.26 Å². The summed E-state index contributed by atoms with van der Waals surface area (Å²) in [4.78, 5) is 2.35. The van der Waals surface area contributed by atoms with Crippen LogP contribution in [0.2, 0.25) is 5.15 Å². The first-order valence-corrected chi connectivity index (χ1v) is 10.8.